The maximum absolute atomic E-state index is 12.4. The Morgan fingerprint density at radius 2 is 2.04 bits per heavy atom. The van der Waals surface area contributed by atoms with Crippen LogP contribution < -0.4 is 15.4 Å². The molecule has 3 rings (SSSR count). The molecule has 0 spiro atoms. The topological polar surface area (TPSA) is 67.4 Å². The summed E-state index contributed by atoms with van der Waals surface area (Å²) in [6.45, 7) is 4.59. The van der Waals surface area contributed by atoms with E-state index in [4.69, 9.17) is 4.74 Å². The minimum absolute atomic E-state index is 0.130. The summed E-state index contributed by atoms with van der Waals surface area (Å²) in [6, 6.07) is 11.5. The van der Waals surface area contributed by atoms with E-state index in [1.807, 2.05) is 19.1 Å². The molecule has 0 saturated carbocycles. The van der Waals surface area contributed by atoms with Gasteiger partial charge < -0.3 is 15.4 Å². The van der Waals surface area contributed by atoms with Gasteiger partial charge in [-0.25, -0.2) is 0 Å². The molecule has 5 nitrogen and oxygen atoms in total. The third-order valence-corrected chi connectivity index (χ3v) is 4.34. The second-order valence-electron chi connectivity index (χ2n) is 6.21. The monoisotopic (exact) mass is 338 g/mol. The Kier molecular flexibility index (Phi) is 5.03. The Bertz CT molecular complexity index is 815. The normalized spacial score (nSPS) is 12.2. The van der Waals surface area contributed by atoms with Gasteiger partial charge in [-0.3, -0.25) is 9.59 Å². The van der Waals surface area contributed by atoms with Crippen LogP contribution in [0.5, 0.6) is 5.75 Å². The predicted octanol–water partition coefficient (Wildman–Crippen LogP) is 2.86. The van der Waals surface area contributed by atoms with Gasteiger partial charge in [0.2, 0.25) is 5.91 Å². The molecule has 5 heteroatoms. The molecule has 0 unspecified atom stereocenters. The van der Waals surface area contributed by atoms with Crippen LogP contribution in [0, 0.1) is 6.92 Å². The Morgan fingerprint density at radius 3 is 2.84 bits per heavy atom. The number of benzene rings is 2. The van der Waals surface area contributed by atoms with Gasteiger partial charge in [-0.2, -0.15) is 0 Å². The van der Waals surface area contributed by atoms with Gasteiger partial charge >= 0.3 is 0 Å². The smallest absolute Gasteiger partial charge is 0.251 e. The lowest BCUT2D eigenvalue weighted by molar-refractivity contribution is -0.114. The molecule has 2 aromatic rings. The Hall–Kier alpha value is -2.82. The van der Waals surface area contributed by atoms with Crippen molar-refractivity contribution in [2.45, 2.75) is 26.7 Å². The highest BCUT2D eigenvalue weighted by atomic mass is 16.5. The van der Waals surface area contributed by atoms with Crippen LogP contribution >= 0.6 is 0 Å². The summed E-state index contributed by atoms with van der Waals surface area (Å²) >= 11 is 0. The molecule has 2 amide bonds. The van der Waals surface area contributed by atoms with Crippen LogP contribution in [0.4, 0.5) is 5.69 Å². The van der Waals surface area contributed by atoms with Gasteiger partial charge in [0, 0.05) is 31.1 Å². The molecule has 0 fully saturated rings. The number of fused-ring (bicyclic) bond motifs is 1. The summed E-state index contributed by atoms with van der Waals surface area (Å²) in [6.07, 6.45) is 1.72. The molecular weight excluding hydrogens is 316 g/mol. The summed E-state index contributed by atoms with van der Waals surface area (Å²) in [5.41, 5.74) is 4.44. The molecular formula is C20H22N2O3. The molecule has 1 aliphatic rings. The van der Waals surface area contributed by atoms with E-state index in [0.717, 1.165) is 30.8 Å². The van der Waals surface area contributed by atoms with Gasteiger partial charge in [0.05, 0.1) is 6.61 Å². The van der Waals surface area contributed by atoms with Gasteiger partial charge in [0.25, 0.3) is 5.91 Å². The van der Waals surface area contributed by atoms with Crippen molar-refractivity contribution in [2.24, 2.45) is 0 Å². The van der Waals surface area contributed by atoms with E-state index < -0.39 is 0 Å². The van der Waals surface area contributed by atoms with E-state index in [-0.39, 0.29) is 11.8 Å². The number of amides is 2. The summed E-state index contributed by atoms with van der Waals surface area (Å²) in [5, 5.41) is 5.70. The third-order valence-electron chi connectivity index (χ3n) is 4.34. The van der Waals surface area contributed by atoms with Crippen molar-refractivity contribution >= 4 is 17.5 Å². The van der Waals surface area contributed by atoms with Gasteiger partial charge in [-0.1, -0.05) is 18.2 Å². The van der Waals surface area contributed by atoms with Crippen molar-refractivity contribution in [1.29, 1.82) is 0 Å². The molecule has 0 saturated heterocycles. The Balaban J connectivity index is 1.60. The molecule has 2 N–H and O–H groups in total. The van der Waals surface area contributed by atoms with Crippen LogP contribution in [0.15, 0.2) is 36.4 Å². The summed E-state index contributed by atoms with van der Waals surface area (Å²) in [4.78, 5) is 23.7. The fourth-order valence-corrected chi connectivity index (χ4v) is 3.02. The van der Waals surface area contributed by atoms with E-state index in [0.29, 0.717) is 17.8 Å². The Labute approximate surface area is 147 Å². The lowest BCUT2D eigenvalue weighted by Crippen LogP contribution is -2.26. The highest BCUT2D eigenvalue weighted by Crippen LogP contribution is 2.26. The minimum Gasteiger partial charge on any atom is -0.493 e. The number of carbonyl (C=O) groups excluding carboxylic acids is 2. The van der Waals surface area contributed by atoms with Crippen LogP contribution in [-0.2, 0) is 17.6 Å². The molecule has 25 heavy (non-hydrogen) atoms. The van der Waals surface area contributed by atoms with Gasteiger partial charge in [0.15, 0.2) is 0 Å². The molecule has 0 bridgehead atoms. The molecule has 1 aliphatic heterocycles. The summed E-state index contributed by atoms with van der Waals surface area (Å²) in [5.74, 6) is 0.689. The molecule has 0 aliphatic carbocycles. The van der Waals surface area contributed by atoms with Crippen LogP contribution in [-0.4, -0.2) is 25.0 Å². The largest absolute Gasteiger partial charge is 0.493 e. The van der Waals surface area contributed by atoms with Crippen molar-refractivity contribution in [3.8, 4) is 5.75 Å². The van der Waals surface area contributed by atoms with Gasteiger partial charge in [-0.15, -0.1) is 0 Å². The number of hydrogen-bond donors (Lipinski definition) is 2. The Morgan fingerprint density at radius 1 is 1.20 bits per heavy atom. The van der Waals surface area contributed by atoms with Crippen molar-refractivity contribution < 1.29 is 14.3 Å². The van der Waals surface area contributed by atoms with Gasteiger partial charge in [-0.05, 0) is 48.2 Å². The lowest BCUT2D eigenvalue weighted by atomic mass is 10.0. The molecule has 2 aromatic carbocycles. The van der Waals surface area contributed by atoms with E-state index in [2.05, 4.69) is 16.7 Å². The average Bonchev–Trinajstić information content (AvgIpc) is 3.04. The fourth-order valence-electron chi connectivity index (χ4n) is 3.02. The molecule has 1 heterocycles. The maximum Gasteiger partial charge on any atom is 0.251 e. The van der Waals surface area contributed by atoms with Crippen molar-refractivity contribution in [2.75, 3.05) is 18.5 Å². The SMILES string of the molecule is CC(=O)Nc1cccc(C(=O)NCCc2ccc3c(c2)CCO3)c1C. The number of rotatable bonds is 5. The average molecular weight is 338 g/mol. The zero-order valence-corrected chi connectivity index (χ0v) is 14.5. The quantitative estimate of drug-likeness (QED) is 0.881. The zero-order chi connectivity index (χ0) is 17.8. The number of carbonyl (C=O) groups is 2. The summed E-state index contributed by atoms with van der Waals surface area (Å²) < 4.78 is 5.51. The van der Waals surface area contributed by atoms with Crippen LogP contribution in [0.3, 0.4) is 0 Å². The first kappa shape index (κ1) is 17.0. The zero-order valence-electron chi connectivity index (χ0n) is 14.5. The first-order valence-electron chi connectivity index (χ1n) is 8.44. The minimum atomic E-state index is -0.152. The van der Waals surface area contributed by atoms with Crippen molar-refractivity contribution in [3.05, 3.63) is 58.7 Å². The van der Waals surface area contributed by atoms with E-state index in [9.17, 15) is 9.59 Å². The number of anilines is 1. The molecule has 0 atom stereocenters. The number of nitrogens with one attached hydrogen (secondary N) is 2. The van der Waals surface area contributed by atoms with E-state index in [1.54, 1.807) is 18.2 Å². The van der Waals surface area contributed by atoms with E-state index in [1.165, 1.54) is 18.1 Å². The molecule has 0 radical (unpaired) electrons. The predicted molar refractivity (Wildman–Crippen MR) is 97.2 cm³/mol. The summed E-state index contributed by atoms with van der Waals surface area (Å²) in [7, 11) is 0. The third kappa shape index (κ3) is 3.99. The standard InChI is InChI=1S/C20H22N2O3/c1-13-17(4-3-5-18(13)22-14(2)23)20(24)21-10-8-15-6-7-19-16(12-15)9-11-25-19/h3-7,12H,8-11H2,1-2H3,(H,21,24)(H,22,23). The second-order valence-corrected chi connectivity index (χ2v) is 6.21. The molecule has 0 aromatic heterocycles. The number of ether oxygens (including phenoxy) is 1. The highest BCUT2D eigenvalue weighted by molar-refractivity contribution is 5.98. The number of hydrogen-bond acceptors (Lipinski definition) is 3. The van der Waals surface area contributed by atoms with Crippen LogP contribution in [0.1, 0.15) is 34.0 Å². The maximum atomic E-state index is 12.4. The van der Waals surface area contributed by atoms with Gasteiger partial charge in [0.1, 0.15) is 5.75 Å². The molecule has 130 valence electrons. The van der Waals surface area contributed by atoms with Crippen LogP contribution in [0.2, 0.25) is 0 Å². The van der Waals surface area contributed by atoms with Crippen molar-refractivity contribution in [3.63, 3.8) is 0 Å². The highest BCUT2D eigenvalue weighted by Gasteiger charge is 2.13. The van der Waals surface area contributed by atoms with Crippen LogP contribution in [0.25, 0.3) is 0 Å². The first-order valence-corrected chi connectivity index (χ1v) is 8.44. The van der Waals surface area contributed by atoms with Crippen molar-refractivity contribution in [1.82, 2.24) is 5.32 Å². The van der Waals surface area contributed by atoms with E-state index >= 15 is 0 Å². The second kappa shape index (κ2) is 7.38. The fraction of sp³-hybridized carbons (Fsp3) is 0.300. The lowest BCUT2D eigenvalue weighted by Gasteiger charge is -2.12. The first-order chi connectivity index (χ1) is 12.0.